The van der Waals surface area contributed by atoms with Crippen LogP contribution < -0.4 is 0 Å². The Morgan fingerprint density at radius 3 is 2.30 bits per heavy atom. The highest BCUT2D eigenvalue weighted by molar-refractivity contribution is 5.88. The zero-order chi connectivity index (χ0) is 8.15. The van der Waals surface area contributed by atoms with Crippen molar-refractivity contribution in [3.8, 4) is 0 Å². The number of rotatable bonds is 3. The van der Waals surface area contributed by atoms with Gasteiger partial charge >= 0.3 is 5.97 Å². The molecule has 0 aliphatic rings. The molecule has 0 heterocycles. The van der Waals surface area contributed by atoms with Crippen molar-refractivity contribution >= 4 is 5.97 Å². The van der Waals surface area contributed by atoms with Crippen molar-refractivity contribution in [2.45, 2.75) is 13.0 Å². The minimum Gasteiger partial charge on any atom is -0.478 e. The van der Waals surface area contributed by atoms with Crippen LogP contribution in [0.15, 0.2) is 24.3 Å². The molecule has 1 atom stereocenters. The van der Waals surface area contributed by atoms with Crippen molar-refractivity contribution < 1.29 is 15.0 Å². The number of carboxylic acids is 1. The van der Waals surface area contributed by atoms with Gasteiger partial charge in [-0.2, -0.15) is 0 Å². The summed E-state index contributed by atoms with van der Waals surface area (Å²) in [5, 5.41) is 17.3. The second-order valence-electron chi connectivity index (χ2n) is 1.73. The van der Waals surface area contributed by atoms with E-state index in [0.717, 1.165) is 0 Å². The number of aliphatic carboxylic acids is 1. The lowest BCUT2D eigenvalue weighted by molar-refractivity contribution is -0.133. The van der Waals surface area contributed by atoms with Crippen LogP contribution in [0.5, 0.6) is 0 Å². The maximum atomic E-state index is 10.3. The fourth-order valence-electron chi connectivity index (χ4n) is 0.548. The molecule has 0 radical (unpaired) electrons. The molecule has 0 spiro atoms. The number of hydrogen-bond donors (Lipinski definition) is 2. The van der Waals surface area contributed by atoms with Gasteiger partial charge in [0, 0.05) is 0 Å². The van der Waals surface area contributed by atoms with E-state index in [4.69, 9.17) is 10.2 Å². The Morgan fingerprint density at radius 1 is 1.70 bits per heavy atom. The van der Waals surface area contributed by atoms with E-state index in [-0.39, 0.29) is 5.57 Å². The maximum absolute atomic E-state index is 10.3. The van der Waals surface area contributed by atoms with Crippen LogP contribution in [-0.4, -0.2) is 22.3 Å². The van der Waals surface area contributed by atoms with Gasteiger partial charge in [-0.1, -0.05) is 12.2 Å². The number of hydrogen-bond acceptors (Lipinski definition) is 2. The number of aliphatic hydroxyl groups is 1. The fraction of sp³-hybridized carbons (Fsp3) is 0.286. The van der Waals surface area contributed by atoms with Crippen LogP contribution >= 0.6 is 0 Å². The standard InChI is InChI=1S/C7H10O3/c1-3-5(7(9)10)6(8)4-2/h3-4,6,8H,2H2,1H3,(H,9,10). The molecule has 0 aliphatic heterocycles. The van der Waals surface area contributed by atoms with Gasteiger partial charge in [-0.25, -0.2) is 4.79 Å². The van der Waals surface area contributed by atoms with Gasteiger partial charge in [0.15, 0.2) is 0 Å². The van der Waals surface area contributed by atoms with Gasteiger partial charge in [0.05, 0.1) is 5.57 Å². The predicted octanol–water partition coefficient (Wildman–Crippen LogP) is 0.564. The van der Waals surface area contributed by atoms with Crippen LogP contribution in [0.1, 0.15) is 6.92 Å². The van der Waals surface area contributed by atoms with Crippen LogP contribution in [0.4, 0.5) is 0 Å². The zero-order valence-corrected chi connectivity index (χ0v) is 5.74. The van der Waals surface area contributed by atoms with Gasteiger partial charge in [-0.3, -0.25) is 0 Å². The van der Waals surface area contributed by atoms with E-state index in [9.17, 15) is 4.79 Å². The summed E-state index contributed by atoms with van der Waals surface area (Å²) in [6.45, 7) is 4.81. The predicted molar refractivity (Wildman–Crippen MR) is 37.6 cm³/mol. The molecular weight excluding hydrogens is 132 g/mol. The molecule has 0 aromatic heterocycles. The maximum Gasteiger partial charge on any atom is 0.334 e. The third-order valence-electron chi connectivity index (χ3n) is 1.10. The van der Waals surface area contributed by atoms with Gasteiger partial charge in [-0.05, 0) is 6.92 Å². The summed E-state index contributed by atoms with van der Waals surface area (Å²) >= 11 is 0. The topological polar surface area (TPSA) is 57.5 Å². The Hall–Kier alpha value is -1.09. The van der Waals surface area contributed by atoms with Crippen molar-refractivity contribution in [1.29, 1.82) is 0 Å². The highest BCUT2D eigenvalue weighted by Crippen LogP contribution is 2.02. The van der Waals surface area contributed by atoms with Crippen molar-refractivity contribution in [3.05, 3.63) is 24.3 Å². The van der Waals surface area contributed by atoms with Gasteiger partial charge in [0.25, 0.3) is 0 Å². The lowest BCUT2D eigenvalue weighted by Crippen LogP contribution is -2.14. The number of allylic oxidation sites excluding steroid dienone is 1. The Morgan fingerprint density at radius 2 is 2.20 bits per heavy atom. The van der Waals surface area contributed by atoms with Crippen LogP contribution in [0.2, 0.25) is 0 Å². The van der Waals surface area contributed by atoms with E-state index in [1.54, 1.807) is 6.92 Å². The lowest BCUT2D eigenvalue weighted by Gasteiger charge is -2.03. The minimum atomic E-state index is -1.12. The van der Waals surface area contributed by atoms with Crippen LogP contribution in [0, 0.1) is 0 Å². The molecule has 0 saturated heterocycles. The summed E-state index contributed by atoms with van der Waals surface area (Å²) in [7, 11) is 0. The van der Waals surface area contributed by atoms with Crippen molar-refractivity contribution in [2.24, 2.45) is 0 Å². The Kier molecular flexibility index (Phi) is 3.43. The molecule has 56 valence electrons. The normalized spacial score (nSPS) is 14.4. The average Bonchev–Trinajstić information content (AvgIpc) is 1.88. The van der Waals surface area contributed by atoms with E-state index in [2.05, 4.69) is 6.58 Å². The molecule has 1 unspecified atom stereocenters. The number of aliphatic hydroxyl groups excluding tert-OH is 1. The van der Waals surface area contributed by atoms with Crippen LogP contribution in [0.25, 0.3) is 0 Å². The molecule has 0 aromatic rings. The summed E-state index contributed by atoms with van der Waals surface area (Å²) in [5.41, 5.74) is -0.0463. The highest BCUT2D eigenvalue weighted by Gasteiger charge is 2.12. The first-order valence-electron chi connectivity index (χ1n) is 2.83. The largest absolute Gasteiger partial charge is 0.478 e. The molecule has 0 bridgehead atoms. The molecule has 3 heteroatoms. The first-order chi connectivity index (χ1) is 4.63. The van der Waals surface area contributed by atoms with Gasteiger partial charge in [-0.15, -0.1) is 6.58 Å². The third-order valence-corrected chi connectivity index (χ3v) is 1.10. The molecule has 0 saturated carbocycles. The Bertz CT molecular complexity index is 170. The first kappa shape index (κ1) is 8.91. The monoisotopic (exact) mass is 142 g/mol. The van der Waals surface area contributed by atoms with Crippen LogP contribution in [-0.2, 0) is 4.79 Å². The van der Waals surface area contributed by atoms with Gasteiger partial charge in [0.2, 0.25) is 0 Å². The minimum absolute atomic E-state index is 0.0463. The summed E-state index contributed by atoms with van der Waals surface area (Å²) in [6, 6.07) is 0. The molecule has 0 amide bonds. The second kappa shape index (κ2) is 3.85. The van der Waals surface area contributed by atoms with Crippen molar-refractivity contribution in [2.75, 3.05) is 0 Å². The molecule has 10 heavy (non-hydrogen) atoms. The molecule has 2 N–H and O–H groups in total. The van der Waals surface area contributed by atoms with Crippen molar-refractivity contribution in [3.63, 3.8) is 0 Å². The summed E-state index contributed by atoms with van der Waals surface area (Å²) in [6.07, 6.45) is 1.44. The average molecular weight is 142 g/mol. The molecule has 0 fully saturated rings. The van der Waals surface area contributed by atoms with E-state index in [1.165, 1.54) is 12.2 Å². The van der Waals surface area contributed by atoms with E-state index in [0.29, 0.717) is 0 Å². The third kappa shape index (κ3) is 2.03. The molecule has 0 aliphatic carbocycles. The summed E-state index contributed by atoms with van der Waals surface area (Å²) in [4.78, 5) is 10.3. The molecule has 0 aromatic carbocycles. The number of carbonyl (C=O) groups is 1. The molecule has 0 rings (SSSR count). The smallest absolute Gasteiger partial charge is 0.334 e. The second-order valence-corrected chi connectivity index (χ2v) is 1.73. The van der Waals surface area contributed by atoms with Gasteiger partial charge < -0.3 is 10.2 Å². The Balaban J connectivity index is 4.37. The van der Waals surface area contributed by atoms with Crippen LogP contribution in [0.3, 0.4) is 0 Å². The Labute approximate surface area is 59.3 Å². The van der Waals surface area contributed by atoms with E-state index < -0.39 is 12.1 Å². The molecular formula is C7H10O3. The quantitative estimate of drug-likeness (QED) is 0.447. The highest BCUT2D eigenvalue weighted by atomic mass is 16.4. The number of carboxylic acid groups (broad SMARTS) is 1. The summed E-state index contributed by atoms with van der Waals surface area (Å²) in [5.74, 6) is -1.12. The van der Waals surface area contributed by atoms with Gasteiger partial charge in [0.1, 0.15) is 6.10 Å². The lowest BCUT2D eigenvalue weighted by atomic mass is 10.1. The van der Waals surface area contributed by atoms with E-state index >= 15 is 0 Å². The molecule has 3 nitrogen and oxygen atoms in total. The summed E-state index contributed by atoms with van der Waals surface area (Å²) < 4.78 is 0. The van der Waals surface area contributed by atoms with E-state index in [1.807, 2.05) is 0 Å². The van der Waals surface area contributed by atoms with Crippen molar-refractivity contribution in [1.82, 2.24) is 0 Å². The zero-order valence-electron chi connectivity index (χ0n) is 5.74. The first-order valence-corrected chi connectivity index (χ1v) is 2.83. The SMILES string of the molecule is C=CC(O)C(=CC)C(=O)O. The fourth-order valence-corrected chi connectivity index (χ4v) is 0.548.